The Morgan fingerprint density at radius 3 is 2.42 bits per heavy atom. The molecule has 1 aromatic carbocycles. The highest BCUT2D eigenvalue weighted by Crippen LogP contribution is 2.21. The monoisotopic (exact) mass is 380 g/mol. The first-order valence-corrected chi connectivity index (χ1v) is 10.2. The molecule has 6 nitrogen and oxygen atoms in total. The summed E-state index contributed by atoms with van der Waals surface area (Å²) in [6.07, 6.45) is 3.07. The minimum atomic E-state index is -0.806. The zero-order chi connectivity index (χ0) is 19.1. The maximum atomic E-state index is 12.6. The summed E-state index contributed by atoms with van der Waals surface area (Å²) < 4.78 is 5.79. The average molecular weight is 381 g/mol. The molecule has 1 atom stereocenters. The normalized spacial score (nSPS) is 16.5. The van der Waals surface area contributed by atoms with Gasteiger partial charge in [0.15, 0.2) is 6.10 Å². The van der Waals surface area contributed by atoms with Gasteiger partial charge in [-0.2, -0.15) is 0 Å². The molecule has 1 aromatic rings. The molecule has 0 bridgehead atoms. The van der Waals surface area contributed by atoms with Crippen LogP contribution < -0.4 is 4.74 Å². The fourth-order valence-electron chi connectivity index (χ4n) is 3.29. The Morgan fingerprint density at radius 2 is 1.92 bits per heavy atom. The topological polar surface area (TPSA) is 70.1 Å². The maximum Gasteiger partial charge on any atom is 0.317 e. The van der Waals surface area contributed by atoms with E-state index in [0.717, 1.165) is 17.7 Å². The Balaban J connectivity index is 1.85. The van der Waals surface area contributed by atoms with E-state index >= 15 is 0 Å². The number of benzene rings is 1. The van der Waals surface area contributed by atoms with E-state index in [1.165, 1.54) is 0 Å². The summed E-state index contributed by atoms with van der Waals surface area (Å²) in [4.78, 5) is 28.5. The number of likely N-dealkylation sites (tertiary alicyclic amines) is 1. The lowest BCUT2D eigenvalue weighted by Crippen LogP contribution is -2.50. The minimum Gasteiger partial charge on any atom is -0.481 e. The van der Waals surface area contributed by atoms with Crippen LogP contribution in [0.4, 0.5) is 0 Å². The average Bonchev–Trinajstić information content (AvgIpc) is 2.66. The van der Waals surface area contributed by atoms with E-state index in [0.29, 0.717) is 25.4 Å². The summed E-state index contributed by atoms with van der Waals surface area (Å²) in [5, 5.41) is 9.01. The molecule has 1 fully saturated rings. The number of carbonyl (C=O) groups excluding carboxylic acids is 1. The highest BCUT2D eigenvalue weighted by molar-refractivity contribution is 7.98. The molecular weight excluding hydrogens is 352 g/mol. The molecular formula is C19H28N2O4S. The molecule has 1 aliphatic heterocycles. The maximum absolute atomic E-state index is 12.6. The van der Waals surface area contributed by atoms with Gasteiger partial charge in [0.05, 0.1) is 6.54 Å². The predicted octanol–water partition coefficient (Wildman–Crippen LogP) is 2.57. The molecule has 1 aliphatic rings. The van der Waals surface area contributed by atoms with Crippen molar-refractivity contribution >= 4 is 23.6 Å². The van der Waals surface area contributed by atoms with E-state index in [4.69, 9.17) is 9.84 Å². The molecule has 1 heterocycles. The van der Waals surface area contributed by atoms with Gasteiger partial charge in [-0.1, -0.05) is 6.92 Å². The quantitative estimate of drug-likeness (QED) is 0.699. The van der Waals surface area contributed by atoms with Gasteiger partial charge >= 0.3 is 5.97 Å². The van der Waals surface area contributed by atoms with Gasteiger partial charge in [-0.05, 0) is 56.8 Å². The Labute approximate surface area is 159 Å². The fraction of sp³-hybridized carbons (Fsp3) is 0.579. The number of hydrogen-bond acceptors (Lipinski definition) is 5. The highest BCUT2D eigenvalue weighted by atomic mass is 32.2. The van der Waals surface area contributed by atoms with E-state index < -0.39 is 12.1 Å². The van der Waals surface area contributed by atoms with Crippen molar-refractivity contribution in [3.8, 4) is 5.75 Å². The first-order valence-electron chi connectivity index (χ1n) is 9.00. The van der Waals surface area contributed by atoms with Crippen LogP contribution >= 0.6 is 11.8 Å². The van der Waals surface area contributed by atoms with Crippen LogP contribution in [0.2, 0.25) is 0 Å². The minimum absolute atomic E-state index is 0.0151. The number of thioether (sulfide) groups is 1. The first-order chi connectivity index (χ1) is 12.4. The first kappa shape index (κ1) is 20.6. The van der Waals surface area contributed by atoms with Gasteiger partial charge in [-0.3, -0.25) is 14.5 Å². The summed E-state index contributed by atoms with van der Waals surface area (Å²) in [5.41, 5.74) is 0. The third-order valence-corrected chi connectivity index (χ3v) is 5.50. The summed E-state index contributed by atoms with van der Waals surface area (Å²) in [7, 11) is 0. The Morgan fingerprint density at radius 1 is 1.31 bits per heavy atom. The molecule has 144 valence electrons. The van der Waals surface area contributed by atoms with Crippen LogP contribution in [0, 0.1) is 0 Å². The second-order valence-electron chi connectivity index (χ2n) is 6.45. The highest BCUT2D eigenvalue weighted by Gasteiger charge is 2.29. The molecule has 1 saturated heterocycles. The largest absolute Gasteiger partial charge is 0.481 e. The summed E-state index contributed by atoms with van der Waals surface area (Å²) in [6, 6.07) is 7.93. The molecule has 0 spiro atoms. The molecule has 7 heteroatoms. The summed E-state index contributed by atoms with van der Waals surface area (Å²) in [5.74, 6) is -0.129. The van der Waals surface area contributed by atoms with E-state index in [-0.39, 0.29) is 18.5 Å². The molecule has 1 unspecified atom stereocenters. The lowest BCUT2D eigenvalue weighted by Gasteiger charge is -2.38. The number of aliphatic carboxylic acids is 1. The zero-order valence-electron chi connectivity index (χ0n) is 15.7. The second-order valence-corrected chi connectivity index (χ2v) is 7.33. The van der Waals surface area contributed by atoms with Crippen LogP contribution in [0.15, 0.2) is 29.2 Å². The number of ether oxygens (including phenoxy) is 1. The number of amides is 1. The number of carboxylic acids is 1. The van der Waals surface area contributed by atoms with Crippen molar-refractivity contribution in [3.63, 3.8) is 0 Å². The van der Waals surface area contributed by atoms with Crippen LogP contribution in [-0.4, -0.2) is 71.4 Å². The van der Waals surface area contributed by atoms with Crippen LogP contribution in [0.1, 0.15) is 26.7 Å². The standard InChI is InChI=1S/C19H28N2O4S/c1-4-20(13-18(22)23)15-9-11-21(12-10-15)19(24)14(2)25-16-5-7-17(26-3)8-6-16/h5-8,14-15H,4,9-13H2,1-3H3,(H,22,23). The lowest BCUT2D eigenvalue weighted by atomic mass is 10.0. The smallest absolute Gasteiger partial charge is 0.317 e. The lowest BCUT2D eigenvalue weighted by molar-refractivity contribution is -0.142. The number of nitrogens with zero attached hydrogens (tertiary/aromatic N) is 2. The van der Waals surface area contributed by atoms with E-state index in [2.05, 4.69) is 0 Å². The van der Waals surface area contributed by atoms with Crippen molar-refractivity contribution in [2.75, 3.05) is 32.4 Å². The van der Waals surface area contributed by atoms with Crippen LogP contribution in [-0.2, 0) is 9.59 Å². The van der Waals surface area contributed by atoms with E-state index in [1.807, 2.05) is 47.2 Å². The van der Waals surface area contributed by atoms with Crippen molar-refractivity contribution in [1.29, 1.82) is 0 Å². The third-order valence-electron chi connectivity index (χ3n) is 4.76. The molecule has 1 amide bonds. The zero-order valence-corrected chi connectivity index (χ0v) is 16.5. The number of likely N-dealkylation sites (N-methyl/N-ethyl adjacent to an activating group) is 1. The van der Waals surface area contributed by atoms with E-state index in [1.54, 1.807) is 18.7 Å². The predicted molar refractivity (Wildman–Crippen MR) is 103 cm³/mol. The summed E-state index contributed by atoms with van der Waals surface area (Å²) in [6.45, 7) is 5.78. The molecule has 1 N–H and O–H groups in total. The SMILES string of the molecule is CCN(CC(=O)O)C1CCN(C(=O)C(C)Oc2ccc(SC)cc2)CC1. The third kappa shape index (κ3) is 5.64. The van der Waals surface area contributed by atoms with Crippen LogP contribution in [0.5, 0.6) is 5.75 Å². The molecule has 0 aliphatic carbocycles. The van der Waals surface area contributed by atoms with Crippen molar-refractivity contribution < 1.29 is 19.4 Å². The van der Waals surface area contributed by atoms with Crippen molar-refractivity contribution in [1.82, 2.24) is 9.80 Å². The molecule has 26 heavy (non-hydrogen) atoms. The van der Waals surface area contributed by atoms with Gasteiger partial charge in [-0.15, -0.1) is 11.8 Å². The number of rotatable bonds is 8. The number of carbonyl (C=O) groups is 2. The van der Waals surface area contributed by atoms with Crippen molar-refractivity contribution in [2.24, 2.45) is 0 Å². The second kappa shape index (κ2) is 9.83. The van der Waals surface area contributed by atoms with Gasteiger partial charge in [-0.25, -0.2) is 0 Å². The Kier molecular flexibility index (Phi) is 7.78. The molecule has 0 saturated carbocycles. The van der Waals surface area contributed by atoms with Crippen LogP contribution in [0.25, 0.3) is 0 Å². The van der Waals surface area contributed by atoms with Gasteiger partial charge < -0.3 is 14.7 Å². The Hall–Kier alpha value is -1.73. The van der Waals surface area contributed by atoms with Gasteiger partial charge in [0, 0.05) is 24.0 Å². The number of carboxylic acid groups (broad SMARTS) is 1. The molecule has 0 radical (unpaired) electrons. The number of piperidine rings is 1. The van der Waals surface area contributed by atoms with Crippen LogP contribution in [0.3, 0.4) is 0 Å². The van der Waals surface area contributed by atoms with Crippen molar-refractivity contribution in [2.45, 2.75) is 43.7 Å². The summed E-state index contributed by atoms with van der Waals surface area (Å²) >= 11 is 1.66. The van der Waals surface area contributed by atoms with E-state index in [9.17, 15) is 9.59 Å². The number of hydrogen-bond donors (Lipinski definition) is 1. The molecule has 0 aromatic heterocycles. The van der Waals surface area contributed by atoms with Crippen molar-refractivity contribution in [3.05, 3.63) is 24.3 Å². The van der Waals surface area contributed by atoms with Gasteiger partial charge in [0.1, 0.15) is 5.75 Å². The van der Waals surface area contributed by atoms with Gasteiger partial charge in [0.25, 0.3) is 5.91 Å². The molecule has 2 rings (SSSR count). The van der Waals surface area contributed by atoms with Gasteiger partial charge in [0.2, 0.25) is 0 Å². The fourth-order valence-corrected chi connectivity index (χ4v) is 3.70. The Bertz CT molecular complexity index is 600.